The third kappa shape index (κ3) is 1.84. The molecule has 0 N–H and O–H groups in total. The highest BCUT2D eigenvalue weighted by Crippen LogP contribution is 2.43. The Kier molecular flexibility index (Phi) is 2.55. The summed E-state index contributed by atoms with van der Waals surface area (Å²) in [4.78, 5) is 17.5. The lowest BCUT2D eigenvalue weighted by atomic mass is 9.74. The van der Waals surface area contributed by atoms with Gasteiger partial charge in [-0.05, 0) is 24.8 Å². The molecule has 3 aromatic rings. The van der Waals surface area contributed by atoms with Crippen molar-refractivity contribution < 1.29 is 4.79 Å². The fourth-order valence-electron chi connectivity index (χ4n) is 3.47. The number of pyridine rings is 1. The van der Waals surface area contributed by atoms with Crippen molar-refractivity contribution in [2.24, 2.45) is 5.41 Å². The molecule has 0 fully saturated rings. The summed E-state index contributed by atoms with van der Waals surface area (Å²) in [5, 5.41) is 2.34. The molecule has 1 aromatic carbocycles. The van der Waals surface area contributed by atoms with E-state index in [-0.39, 0.29) is 11.2 Å². The molecule has 0 unspecified atom stereocenters. The molecule has 2 aromatic heterocycles. The second-order valence-corrected chi connectivity index (χ2v) is 7.81. The summed E-state index contributed by atoms with van der Waals surface area (Å²) in [7, 11) is 0. The molecule has 2 heterocycles. The van der Waals surface area contributed by atoms with Crippen molar-refractivity contribution in [2.45, 2.75) is 33.6 Å². The first kappa shape index (κ1) is 13.0. The summed E-state index contributed by atoms with van der Waals surface area (Å²) in [6.07, 6.45) is 1.50. The fraction of sp³-hybridized carbons (Fsp3) is 0.333. The van der Waals surface area contributed by atoms with Crippen molar-refractivity contribution >= 4 is 37.3 Å². The fourth-order valence-corrected chi connectivity index (χ4v) is 4.62. The predicted octanol–water partition coefficient (Wildman–Crippen LogP) is 4.91. The van der Waals surface area contributed by atoms with Gasteiger partial charge in [-0.25, -0.2) is 0 Å². The third-order valence-corrected chi connectivity index (χ3v) is 5.61. The standard InChI is InChI=1S/C18H17NOS/c1-10-17-15(11-6-4-5-7-14(11)21-17)16-12(19-10)8-18(2,3)9-13(16)20/h4-7H,8-9H2,1-3H3. The van der Waals surface area contributed by atoms with E-state index in [2.05, 4.69) is 39.0 Å². The van der Waals surface area contributed by atoms with Crippen molar-refractivity contribution in [3.63, 3.8) is 0 Å². The van der Waals surface area contributed by atoms with Gasteiger partial charge in [0.15, 0.2) is 5.78 Å². The minimum atomic E-state index is 0.0169. The van der Waals surface area contributed by atoms with Gasteiger partial charge in [-0.15, -0.1) is 11.3 Å². The number of benzene rings is 1. The maximum absolute atomic E-state index is 12.7. The monoisotopic (exact) mass is 295 g/mol. The number of hydrogen-bond donors (Lipinski definition) is 0. The minimum Gasteiger partial charge on any atom is -0.294 e. The van der Waals surface area contributed by atoms with E-state index in [1.54, 1.807) is 11.3 Å². The minimum absolute atomic E-state index is 0.0169. The smallest absolute Gasteiger partial charge is 0.165 e. The Hall–Kier alpha value is -1.74. The number of fused-ring (bicyclic) bond motifs is 5. The summed E-state index contributed by atoms with van der Waals surface area (Å²) >= 11 is 1.75. The van der Waals surface area contributed by atoms with Crippen LogP contribution in [0.2, 0.25) is 0 Å². The van der Waals surface area contributed by atoms with Crippen LogP contribution < -0.4 is 0 Å². The van der Waals surface area contributed by atoms with Gasteiger partial charge in [0.05, 0.1) is 16.1 Å². The molecule has 0 saturated heterocycles. The van der Waals surface area contributed by atoms with E-state index in [0.29, 0.717) is 6.42 Å². The van der Waals surface area contributed by atoms with E-state index in [9.17, 15) is 4.79 Å². The highest BCUT2D eigenvalue weighted by Gasteiger charge is 2.34. The molecular weight excluding hydrogens is 278 g/mol. The highest BCUT2D eigenvalue weighted by atomic mass is 32.1. The largest absolute Gasteiger partial charge is 0.294 e. The SMILES string of the molecule is Cc1nc2c(c3c1sc1ccccc13)C(=O)CC(C)(C)C2. The molecule has 106 valence electrons. The summed E-state index contributed by atoms with van der Waals surface area (Å²) in [6, 6.07) is 8.36. The van der Waals surface area contributed by atoms with Crippen molar-refractivity contribution in [1.29, 1.82) is 0 Å². The van der Waals surface area contributed by atoms with Crippen LogP contribution in [0.5, 0.6) is 0 Å². The number of thiophene rings is 1. The molecule has 0 amide bonds. The van der Waals surface area contributed by atoms with Crippen LogP contribution in [0, 0.1) is 12.3 Å². The van der Waals surface area contributed by atoms with E-state index >= 15 is 0 Å². The van der Waals surface area contributed by atoms with Gasteiger partial charge in [0.2, 0.25) is 0 Å². The van der Waals surface area contributed by atoms with Crippen molar-refractivity contribution in [1.82, 2.24) is 4.98 Å². The van der Waals surface area contributed by atoms with Gasteiger partial charge in [-0.3, -0.25) is 9.78 Å². The number of aromatic nitrogens is 1. The van der Waals surface area contributed by atoms with Gasteiger partial charge in [0, 0.05) is 27.5 Å². The number of aryl methyl sites for hydroxylation is 1. The third-order valence-electron chi connectivity index (χ3n) is 4.33. The first-order valence-corrected chi connectivity index (χ1v) is 8.12. The van der Waals surface area contributed by atoms with Gasteiger partial charge in [-0.1, -0.05) is 32.0 Å². The van der Waals surface area contributed by atoms with Crippen LogP contribution >= 0.6 is 11.3 Å². The molecule has 0 spiro atoms. The number of hydrogen-bond acceptors (Lipinski definition) is 3. The Morgan fingerprint density at radius 3 is 2.76 bits per heavy atom. The molecule has 0 atom stereocenters. The number of nitrogens with zero attached hydrogens (tertiary/aromatic N) is 1. The zero-order chi connectivity index (χ0) is 14.8. The number of rotatable bonds is 0. The van der Waals surface area contributed by atoms with Crippen LogP contribution in [0.25, 0.3) is 20.2 Å². The van der Waals surface area contributed by atoms with Crippen LogP contribution in [-0.2, 0) is 6.42 Å². The number of ketones is 1. The molecule has 2 nitrogen and oxygen atoms in total. The maximum Gasteiger partial charge on any atom is 0.165 e. The average molecular weight is 295 g/mol. The molecule has 21 heavy (non-hydrogen) atoms. The second-order valence-electron chi connectivity index (χ2n) is 6.76. The molecule has 1 aliphatic rings. The first-order valence-electron chi connectivity index (χ1n) is 7.30. The summed E-state index contributed by atoms with van der Waals surface area (Å²) in [6.45, 7) is 6.37. The molecule has 4 rings (SSSR count). The summed E-state index contributed by atoms with van der Waals surface area (Å²) in [5.41, 5.74) is 2.94. The van der Waals surface area contributed by atoms with E-state index < -0.39 is 0 Å². The van der Waals surface area contributed by atoms with Gasteiger partial charge >= 0.3 is 0 Å². The Morgan fingerprint density at radius 1 is 1.19 bits per heavy atom. The van der Waals surface area contributed by atoms with Crippen LogP contribution in [0.1, 0.15) is 42.0 Å². The van der Waals surface area contributed by atoms with Crippen LogP contribution in [-0.4, -0.2) is 10.8 Å². The first-order chi connectivity index (χ1) is 9.96. The lowest BCUT2D eigenvalue weighted by Crippen LogP contribution is -2.28. The van der Waals surface area contributed by atoms with Gasteiger partial charge in [0.1, 0.15) is 0 Å². The van der Waals surface area contributed by atoms with Gasteiger partial charge in [-0.2, -0.15) is 0 Å². The van der Waals surface area contributed by atoms with Crippen molar-refractivity contribution in [3.05, 3.63) is 41.2 Å². The summed E-state index contributed by atoms with van der Waals surface area (Å²) in [5.74, 6) is 0.252. The quantitative estimate of drug-likeness (QED) is 0.589. The zero-order valence-electron chi connectivity index (χ0n) is 12.5. The van der Waals surface area contributed by atoms with Gasteiger partial charge in [0.25, 0.3) is 0 Å². The Balaban J connectivity index is 2.18. The van der Waals surface area contributed by atoms with Crippen LogP contribution in [0.4, 0.5) is 0 Å². The summed E-state index contributed by atoms with van der Waals surface area (Å²) < 4.78 is 2.41. The normalized spacial score (nSPS) is 17.4. The zero-order valence-corrected chi connectivity index (χ0v) is 13.3. The Labute approximate surface area is 127 Å². The molecule has 0 aliphatic heterocycles. The maximum atomic E-state index is 12.7. The predicted molar refractivity (Wildman–Crippen MR) is 88.3 cm³/mol. The lowest BCUT2D eigenvalue weighted by molar-refractivity contribution is 0.0912. The lowest BCUT2D eigenvalue weighted by Gasteiger charge is -2.30. The Morgan fingerprint density at radius 2 is 1.95 bits per heavy atom. The van der Waals surface area contributed by atoms with Crippen LogP contribution in [0.15, 0.2) is 24.3 Å². The molecule has 0 radical (unpaired) electrons. The number of carbonyl (C=O) groups excluding carboxylic acids is 1. The molecule has 1 aliphatic carbocycles. The second kappa shape index (κ2) is 4.14. The topological polar surface area (TPSA) is 30.0 Å². The molecule has 3 heteroatoms. The van der Waals surface area contributed by atoms with Crippen LogP contribution in [0.3, 0.4) is 0 Å². The van der Waals surface area contributed by atoms with Gasteiger partial charge < -0.3 is 0 Å². The number of carbonyl (C=O) groups is 1. The van der Waals surface area contributed by atoms with E-state index in [1.807, 2.05) is 6.07 Å². The Bertz CT molecular complexity index is 904. The highest BCUT2D eigenvalue weighted by molar-refractivity contribution is 7.26. The van der Waals surface area contributed by atoms with E-state index in [1.165, 1.54) is 14.8 Å². The van der Waals surface area contributed by atoms with Crippen molar-refractivity contribution in [3.8, 4) is 0 Å². The molecule has 0 bridgehead atoms. The van der Waals surface area contributed by atoms with Crippen molar-refractivity contribution in [2.75, 3.05) is 0 Å². The average Bonchev–Trinajstić information content (AvgIpc) is 2.77. The van der Waals surface area contributed by atoms with E-state index in [0.717, 1.165) is 28.8 Å². The molecular formula is C18H17NOS. The number of Topliss-reactive ketones (excluding diaryl/α,β-unsaturated/α-hetero) is 1. The van der Waals surface area contributed by atoms with E-state index in [4.69, 9.17) is 4.98 Å². The molecule has 0 saturated carbocycles.